The zero-order valence-electron chi connectivity index (χ0n) is 26.0. The second-order valence-corrected chi connectivity index (χ2v) is 13.9. The molecule has 0 saturated heterocycles. The Bertz CT molecular complexity index is 2290. The standard InChI is InChI=1S/C42H34N2S/c1-27-19-20-30-23-39-35(22-31(30)21-27)36(26-45-39)41-43-37-17-11-12-18-38(37)44(41)40-33(28-13-7-5-8-14-28)24-32(42(2,3)4)25-34(40)29-15-9-6-10-16-29/h5-26H,1-4H3. The smallest absolute Gasteiger partial charge is 0.147 e. The lowest BCUT2D eigenvalue weighted by molar-refractivity contribution is 0.590. The van der Waals surface area contributed by atoms with Gasteiger partial charge in [-0.1, -0.05) is 117 Å². The average Bonchev–Trinajstić information content (AvgIpc) is 3.64. The van der Waals surface area contributed by atoms with E-state index in [-0.39, 0.29) is 5.41 Å². The van der Waals surface area contributed by atoms with Crippen LogP contribution in [0.5, 0.6) is 0 Å². The molecule has 8 aromatic rings. The van der Waals surface area contributed by atoms with E-state index in [0.29, 0.717) is 0 Å². The number of aryl methyl sites for hydroxylation is 1. The lowest BCUT2D eigenvalue weighted by Crippen LogP contribution is -2.13. The van der Waals surface area contributed by atoms with Gasteiger partial charge in [0, 0.05) is 32.2 Å². The molecule has 45 heavy (non-hydrogen) atoms. The summed E-state index contributed by atoms with van der Waals surface area (Å²) in [5.41, 5.74) is 11.7. The minimum absolute atomic E-state index is 0.0336. The van der Waals surface area contributed by atoms with Crippen LogP contribution in [0.2, 0.25) is 0 Å². The molecule has 2 aromatic heterocycles. The van der Waals surface area contributed by atoms with Gasteiger partial charge in [0.1, 0.15) is 5.82 Å². The molecular weight excluding hydrogens is 565 g/mol. The number of nitrogens with zero attached hydrogens (tertiary/aromatic N) is 2. The summed E-state index contributed by atoms with van der Waals surface area (Å²) in [5, 5.41) is 6.06. The molecule has 0 aliphatic rings. The van der Waals surface area contributed by atoms with Crippen LogP contribution in [0.3, 0.4) is 0 Å². The highest BCUT2D eigenvalue weighted by molar-refractivity contribution is 7.17. The number of hydrogen-bond donors (Lipinski definition) is 0. The fourth-order valence-electron chi connectivity index (χ4n) is 6.48. The molecule has 3 heteroatoms. The normalized spacial score (nSPS) is 12.0. The number of aromatic nitrogens is 2. The summed E-state index contributed by atoms with van der Waals surface area (Å²) in [5.74, 6) is 0.965. The molecule has 2 heterocycles. The Kier molecular flexibility index (Phi) is 6.47. The molecule has 0 saturated carbocycles. The van der Waals surface area contributed by atoms with Crippen LogP contribution in [-0.2, 0) is 5.41 Å². The highest BCUT2D eigenvalue weighted by Gasteiger charge is 2.26. The zero-order chi connectivity index (χ0) is 30.7. The summed E-state index contributed by atoms with van der Waals surface area (Å²) in [4.78, 5) is 5.39. The van der Waals surface area contributed by atoms with Crippen molar-refractivity contribution in [2.45, 2.75) is 33.1 Å². The summed E-state index contributed by atoms with van der Waals surface area (Å²) in [6, 6.07) is 46.4. The molecule has 0 spiro atoms. The van der Waals surface area contributed by atoms with Crippen LogP contribution >= 0.6 is 11.3 Å². The minimum atomic E-state index is -0.0336. The topological polar surface area (TPSA) is 17.8 Å². The number of thiophene rings is 1. The third-order valence-corrected chi connectivity index (χ3v) is 9.80. The van der Waals surface area contributed by atoms with Crippen molar-refractivity contribution in [3.63, 3.8) is 0 Å². The van der Waals surface area contributed by atoms with Crippen molar-refractivity contribution in [3.8, 4) is 39.3 Å². The maximum absolute atomic E-state index is 5.39. The predicted octanol–water partition coefficient (Wildman–Crippen LogP) is 12.0. The third-order valence-electron chi connectivity index (χ3n) is 8.86. The number of hydrogen-bond acceptors (Lipinski definition) is 2. The summed E-state index contributed by atoms with van der Waals surface area (Å²) in [7, 11) is 0. The van der Waals surface area contributed by atoms with Crippen molar-refractivity contribution in [2.24, 2.45) is 0 Å². The maximum atomic E-state index is 5.39. The first-order chi connectivity index (χ1) is 21.8. The largest absolute Gasteiger partial charge is 0.291 e. The van der Waals surface area contributed by atoms with Crippen LogP contribution in [0.15, 0.2) is 133 Å². The van der Waals surface area contributed by atoms with Crippen molar-refractivity contribution in [1.82, 2.24) is 9.55 Å². The Labute approximate surface area is 268 Å². The molecule has 0 unspecified atom stereocenters. The molecule has 0 aliphatic carbocycles. The average molecular weight is 599 g/mol. The molecular formula is C42H34N2S. The van der Waals surface area contributed by atoms with Gasteiger partial charge >= 0.3 is 0 Å². The second kappa shape index (κ2) is 10.6. The maximum Gasteiger partial charge on any atom is 0.147 e. The van der Waals surface area contributed by atoms with Crippen LogP contribution < -0.4 is 0 Å². The number of rotatable bonds is 4. The predicted molar refractivity (Wildman–Crippen MR) is 194 cm³/mol. The lowest BCUT2D eigenvalue weighted by Gasteiger charge is -2.26. The van der Waals surface area contributed by atoms with E-state index in [1.807, 2.05) is 0 Å². The Morgan fingerprint density at radius 2 is 1.27 bits per heavy atom. The van der Waals surface area contributed by atoms with Gasteiger partial charge < -0.3 is 0 Å². The van der Waals surface area contributed by atoms with Crippen molar-refractivity contribution in [3.05, 3.63) is 144 Å². The molecule has 218 valence electrons. The highest BCUT2D eigenvalue weighted by atomic mass is 32.1. The van der Waals surface area contributed by atoms with Crippen LogP contribution in [0.25, 0.3) is 71.2 Å². The van der Waals surface area contributed by atoms with Crippen molar-refractivity contribution in [1.29, 1.82) is 0 Å². The Balaban J connectivity index is 1.52. The first kappa shape index (κ1) is 27.6. The first-order valence-corrected chi connectivity index (χ1v) is 16.4. The molecule has 8 rings (SSSR count). The third kappa shape index (κ3) is 4.75. The van der Waals surface area contributed by atoms with Crippen LogP contribution in [0, 0.1) is 6.92 Å². The van der Waals surface area contributed by atoms with E-state index in [1.54, 1.807) is 11.3 Å². The molecule has 2 nitrogen and oxygen atoms in total. The molecule has 0 aliphatic heterocycles. The molecule has 0 amide bonds. The minimum Gasteiger partial charge on any atom is -0.291 e. The number of para-hydroxylation sites is 2. The number of fused-ring (bicyclic) bond motifs is 3. The van der Waals surface area contributed by atoms with Gasteiger partial charge in [0.2, 0.25) is 0 Å². The molecule has 0 radical (unpaired) electrons. The van der Waals surface area contributed by atoms with E-state index in [2.05, 4.69) is 165 Å². The summed E-state index contributed by atoms with van der Waals surface area (Å²) in [6.45, 7) is 9.06. The van der Waals surface area contributed by atoms with E-state index in [0.717, 1.165) is 28.1 Å². The summed E-state index contributed by atoms with van der Waals surface area (Å²) >= 11 is 1.80. The molecule has 0 atom stereocenters. The summed E-state index contributed by atoms with van der Waals surface area (Å²) in [6.07, 6.45) is 0. The van der Waals surface area contributed by atoms with Crippen molar-refractivity contribution < 1.29 is 0 Å². The Morgan fingerprint density at radius 3 is 1.93 bits per heavy atom. The van der Waals surface area contributed by atoms with Gasteiger partial charge in [-0.25, -0.2) is 4.98 Å². The van der Waals surface area contributed by atoms with Crippen molar-refractivity contribution >= 4 is 43.2 Å². The fraction of sp³-hybridized carbons (Fsp3) is 0.119. The molecule has 6 aromatic carbocycles. The van der Waals surface area contributed by atoms with Crippen LogP contribution in [0.1, 0.15) is 31.9 Å². The molecule has 0 bridgehead atoms. The van der Waals surface area contributed by atoms with E-state index >= 15 is 0 Å². The SMILES string of the molecule is Cc1ccc2cc3scc(-c4nc5ccccc5n4-c4c(-c5ccccc5)cc(C(C)(C)C)cc4-c4ccccc4)c3cc2c1. The van der Waals surface area contributed by atoms with Crippen LogP contribution in [-0.4, -0.2) is 9.55 Å². The van der Waals surface area contributed by atoms with Gasteiger partial charge in [0.15, 0.2) is 0 Å². The second-order valence-electron chi connectivity index (χ2n) is 13.0. The quantitative estimate of drug-likeness (QED) is 0.197. The zero-order valence-corrected chi connectivity index (χ0v) is 26.8. The van der Waals surface area contributed by atoms with Gasteiger partial charge in [-0.3, -0.25) is 4.57 Å². The fourth-order valence-corrected chi connectivity index (χ4v) is 7.45. The van der Waals surface area contributed by atoms with E-state index < -0.39 is 0 Å². The Morgan fingerprint density at radius 1 is 0.622 bits per heavy atom. The van der Waals surface area contributed by atoms with Crippen molar-refractivity contribution in [2.75, 3.05) is 0 Å². The summed E-state index contributed by atoms with van der Waals surface area (Å²) < 4.78 is 3.70. The van der Waals surface area contributed by atoms with Gasteiger partial charge in [-0.15, -0.1) is 11.3 Å². The van der Waals surface area contributed by atoms with E-state index in [9.17, 15) is 0 Å². The van der Waals surface area contributed by atoms with E-state index in [1.165, 1.54) is 54.2 Å². The monoisotopic (exact) mass is 598 g/mol. The lowest BCUT2D eigenvalue weighted by atomic mass is 9.82. The highest BCUT2D eigenvalue weighted by Crippen LogP contribution is 2.45. The van der Waals surface area contributed by atoms with Gasteiger partial charge in [-0.2, -0.15) is 0 Å². The molecule has 0 fully saturated rings. The number of benzene rings is 6. The van der Waals surface area contributed by atoms with E-state index in [4.69, 9.17) is 4.98 Å². The van der Waals surface area contributed by atoms with Gasteiger partial charge in [0.05, 0.1) is 16.7 Å². The number of imidazole rings is 1. The first-order valence-electron chi connectivity index (χ1n) is 15.5. The molecule has 0 N–H and O–H groups in total. The van der Waals surface area contributed by atoms with Gasteiger partial charge in [0.25, 0.3) is 0 Å². The Hall–Kier alpha value is -4.99. The van der Waals surface area contributed by atoms with Crippen LogP contribution in [0.4, 0.5) is 0 Å². The van der Waals surface area contributed by atoms with Gasteiger partial charge in [-0.05, 0) is 76.2 Å².